The summed E-state index contributed by atoms with van der Waals surface area (Å²) in [7, 11) is 0. The van der Waals surface area contributed by atoms with E-state index in [1.807, 2.05) is 0 Å². The molecule has 1 atom stereocenters. The van der Waals surface area contributed by atoms with Crippen molar-refractivity contribution in [3.05, 3.63) is 99.5 Å². The number of carbonyl (C=O) groups excluding carboxylic acids is 1. The Morgan fingerprint density at radius 3 is 2.74 bits per heavy atom. The number of nitrogens with zero attached hydrogens (tertiary/aromatic N) is 2. The van der Waals surface area contributed by atoms with Crippen molar-refractivity contribution in [2.24, 2.45) is 0 Å². The van der Waals surface area contributed by atoms with Crippen molar-refractivity contribution in [3.8, 4) is 0 Å². The Morgan fingerprint density at radius 1 is 1.26 bits per heavy atom. The third kappa shape index (κ3) is 3.82. The number of aromatic amines is 1. The Labute approximate surface area is 175 Å². The number of nitrogens with one attached hydrogen (secondary N) is 2. The van der Waals surface area contributed by atoms with E-state index in [-0.39, 0.29) is 34.1 Å². The van der Waals surface area contributed by atoms with E-state index in [0.717, 1.165) is 12.1 Å². The molecule has 4 rings (SSSR count). The molecule has 3 N–H and O–H groups in total. The number of carbonyl (C=O) groups is 1. The van der Waals surface area contributed by atoms with Gasteiger partial charge in [-0.25, -0.2) is 13.8 Å². The van der Waals surface area contributed by atoms with E-state index in [4.69, 9.17) is 0 Å². The third-order valence-corrected chi connectivity index (χ3v) is 5.03. The van der Waals surface area contributed by atoms with Gasteiger partial charge in [-0.15, -0.1) is 0 Å². The molecule has 2 heterocycles. The Kier molecular flexibility index (Phi) is 5.35. The topological polar surface area (TPSA) is 100 Å². The van der Waals surface area contributed by atoms with E-state index < -0.39 is 29.3 Å². The van der Waals surface area contributed by atoms with Crippen LogP contribution in [0.4, 0.5) is 8.78 Å². The molecule has 0 fully saturated rings. The number of aliphatic hydroxyl groups is 1. The SMILES string of the molecule is Cc1c(C(=O)N[C@@H](O)c2cccc(F)c2)c2cccc(F)c2c(=O)n1Cc1ncc[nH]1. The number of hydrogen-bond acceptors (Lipinski definition) is 4. The van der Waals surface area contributed by atoms with Crippen LogP contribution < -0.4 is 10.9 Å². The maximum Gasteiger partial charge on any atom is 0.262 e. The largest absolute Gasteiger partial charge is 0.369 e. The minimum absolute atomic E-state index is 0.00529. The lowest BCUT2D eigenvalue weighted by atomic mass is 10.0. The van der Waals surface area contributed by atoms with Gasteiger partial charge in [0.15, 0.2) is 6.23 Å². The van der Waals surface area contributed by atoms with Gasteiger partial charge < -0.3 is 20.0 Å². The number of pyridine rings is 1. The second-order valence-corrected chi connectivity index (χ2v) is 6.98. The molecule has 4 aromatic rings. The van der Waals surface area contributed by atoms with E-state index in [1.165, 1.54) is 41.1 Å². The molecular weight excluding hydrogens is 406 g/mol. The first-order valence-electron chi connectivity index (χ1n) is 9.41. The molecule has 31 heavy (non-hydrogen) atoms. The second-order valence-electron chi connectivity index (χ2n) is 6.98. The summed E-state index contributed by atoms with van der Waals surface area (Å²) in [5, 5.41) is 12.6. The Balaban J connectivity index is 1.83. The quantitative estimate of drug-likeness (QED) is 0.429. The van der Waals surface area contributed by atoms with Gasteiger partial charge in [-0.2, -0.15) is 0 Å². The number of aromatic nitrogens is 3. The van der Waals surface area contributed by atoms with Gasteiger partial charge in [0.2, 0.25) is 0 Å². The van der Waals surface area contributed by atoms with Crippen LogP contribution in [0, 0.1) is 18.6 Å². The fraction of sp³-hybridized carbons (Fsp3) is 0.136. The van der Waals surface area contributed by atoms with Crippen molar-refractivity contribution in [2.75, 3.05) is 0 Å². The number of amides is 1. The summed E-state index contributed by atoms with van der Waals surface area (Å²) in [4.78, 5) is 33.1. The summed E-state index contributed by atoms with van der Waals surface area (Å²) in [6.07, 6.45) is 1.59. The van der Waals surface area contributed by atoms with Crippen LogP contribution in [-0.2, 0) is 6.54 Å². The summed E-state index contributed by atoms with van der Waals surface area (Å²) in [6.45, 7) is 1.55. The molecule has 2 aromatic carbocycles. The minimum Gasteiger partial charge on any atom is -0.369 e. The van der Waals surface area contributed by atoms with Gasteiger partial charge in [0, 0.05) is 29.0 Å². The van der Waals surface area contributed by atoms with Gasteiger partial charge in [-0.3, -0.25) is 9.59 Å². The summed E-state index contributed by atoms with van der Waals surface area (Å²) < 4.78 is 29.3. The lowest BCUT2D eigenvalue weighted by molar-refractivity contribution is 0.0783. The van der Waals surface area contributed by atoms with Crippen LogP contribution in [0.1, 0.15) is 33.7 Å². The van der Waals surface area contributed by atoms with Crippen molar-refractivity contribution >= 4 is 16.7 Å². The minimum atomic E-state index is -1.50. The summed E-state index contributed by atoms with van der Waals surface area (Å²) in [5.74, 6) is -1.62. The Bertz CT molecular complexity index is 1330. The third-order valence-electron chi connectivity index (χ3n) is 5.03. The molecule has 2 aromatic heterocycles. The maximum absolute atomic E-state index is 14.6. The van der Waals surface area contributed by atoms with E-state index in [2.05, 4.69) is 15.3 Å². The number of benzene rings is 2. The average molecular weight is 424 g/mol. The molecular formula is C22H18F2N4O3. The highest BCUT2D eigenvalue weighted by molar-refractivity contribution is 6.08. The number of halogens is 2. The Morgan fingerprint density at radius 2 is 2.03 bits per heavy atom. The van der Waals surface area contributed by atoms with Crippen LogP contribution >= 0.6 is 0 Å². The van der Waals surface area contributed by atoms with Crippen LogP contribution in [0.3, 0.4) is 0 Å². The molecule has 0 unspecified atom stereocenters. The first-order valence-corrected chi connectivity index (χ1v) is 9.41. The van der Waals surface area contributed by atoms with Crippen LogP contribution in [-0.4, -0.2) is 25.5 Å². The summed E-state index contributed by atoms with van der Waals surface area (Å²) >= 11 is 0. The van der Waals surface area contributed by atoms with Crippen LogP contribution in [0.5, 0.6) is 0 Å². The molecule has 0 aliphatic carbocycles. The molecule has 0 saturated heterocycles. The number of rotatable bonds is 5. The van der Waals surface area contributed by atoms with Gasteiger partial charge in [0.1, 0.15) is 17.5 Å². The predicted octanol–water partition coefficient (Wildman–Crippen LogP) is 2.78. The normalized spacial score (nSPS) is 12.1. The standard InChI is InChI=1S/C22H18F2N4O3/c1-12-18(21(30)27-20(29)13-4-2-5-14(23)10-13)15-6-3-7-16(24)19(15)22(31)28(12)11-17-25-8-9-26-17/h2-10,20,29H,11H2,1H3,(H,25,26)(H,27,30)/t20-/m0/s1. The highest BCUT2D eigenvalue weighted by atomic mass is 19.1. The number of imidazole rings is 1. The van der Waals surface area contributed by atoms with Crippen molar-refractivity contribution in [1.29, 1.82) is 0 Å². The highest BCUT2D eigenvalue weighted by Crippen LogP contribution is 2.23. The van der Waals surface area contributed by atoms with E-state index in [9.17, 15) is 23.5 Å². The van der Waals surface area contributed by atoms with Crippen molar-refractivity contribution < 1.29 is 18.7 Å². The van der Waals surface area contributed by atoms with Gasteiger partial charge in [-0.05, 0) is 25.1 Å². The van der Waals surface area contributed by atoms with Crippen LogP contribution in [0.2, 0.25) is 0 Å². The molecule has 7 nitrogen and oxygen atoms in total. The van der Waals surface area contributed by atoms with Gasteiger partial charge in [-0.1, -0.05) is 24.3 Å². The highest BCUT2D eigenvalue weighted by Gasteiger charge is 2.23. The molecule has 158 valence electrons. The molecule has 0 radical (unpaired) electrons. The average Bonchev–Trinajstić information content (AvgIpc) is 3.24. The molecule has 0 saturated carbocycles. The lowest BCUT2D eigenvalue weighted by Crippen LogP contribution is -2.33. The molecule has 0 bridgehead atoms. The Hall–Kier alpha value is -3.85. The van der Waals surface area contributed by atoms with E-state index >= 15 is 0 Å². The fourth-order valence-electron chi connectivity index (χ4n) is 3.53. The zero-order valence-corrected chi connectivity index (χ0v) is 16.4. The smallest absolute Gasteiger partial charge is 0.262 e. The van der Waals surface area contributed by atoms with Crippen molar-refractivity contribution in [1.82, 2.24) is 19.9 Å². The zero-order chi connectivity index (χ0) is 22.1. The van der Waals surface area contributed by atoms with Crippen molar-refractivity contribution in [3.63, 3.8) is 0 Å². The molecule has 9 heteroatoms. The second kappa shape index (κ2) is 8.11. The monoisotopic (exact) mass is 424 g/mol. The molecule has 0 spiro atoms. The van der Waals surface area contributed by atoms with Crippen LogP contribution in [0.25, 0.3) is 10.8 Å². The molecule has 1 amide bonds. The summed E-state index contributed by atoms with van der Waals surface area (Å²) in [6, 6.07) is 9.16. The van der Waals surface area contributed by atoms with Gasteiger partial charge in [0.25, 0.3) is 11.5 Å². The van der Waals surface area contributed by atoms with E-state index in [1.54, 1.807) is 13.1 Å². The fourth-order valence-corrected chi connectivity index (χ4v) is 3.53. The number of fused-ring (bicyclic) bond motifs is 1. The summed E-state index contributed by atoms with van der Waals surface area (Å²) in [5.41, 5.74) is -0.172. The zero-order valence-electron chi connectivity index (χ0n) is 16.4. The lowest BCUT2D eigenvalue weighted by Gasteiger charge is -2.19. The predicted molar refractivity (Wildman–Crippen MR) is 109 cm³/mol. The van der Waals surface area contributed by atoms with Gasteiger partial charge in [0.05, 0.1) is 17.5 Å². The first kappa shape index (κ1) is 20.4. The number of H-pyrrole nitrogens is 1. The molecule has 0 aliphatic rings. The molecule has 0 aliphatic heterocycles. The van der Waals surface area contributed by atoms with Crippen molar-refractivity contribution in [2.45, 2.75) is 19.7 Å². The first-order chi connectivity index (χ1) is 14.9. The van der Waals surface area contributed by atoms with Gasteiger partial charge >= 0.3 is 0 Å². The maximum atomic E-state index is 14.6. The van der Waals surface area contributed by atoms with E-state index in [0.29, 0.717) is 5.82 Å². The number of aliphatic hydroxyl groups excluding tert-OH is 1. The van der Waals surface area contributed by atoms with Crippen LogP contribution in [0.15, 0.2) is 59.7 Å². The number of hydrogen-bond donors (Lipinski definition) is 3.